The fourth-order valence-electron chi connectivity index (χ4n) is 3.53. The van der Waals surface area contributed by atoms with Crippen LogP contribution >= 0.6 is 0 Å². The summed E-state index contributed by atoms with van der Waals surface area (Å²) in [6.45, 7) is 11.7. The van der Waals surface area contributed by atoms with Crippen molar-refractivity contribution in [3.8, 4) is 0 Å². The number of benzene rings is 1. The van der Waals surface area contributed by atoms with Gasteiger partial charge < -0.3 is 10.2 Å². The minimum Gasteiger partial charge on any atom is -0.368 e. The Morgan fingerprint density at radius 1 is 1.29 bits per heavy atom. The van der Waals surface area contributed by atoms with E-state index in [2.05, 4.69) is 44.0 Å². The number of nitrogens with zero attached hydrogens (tertiary/aromatic N) is 1. The summed E-state index contributed by atoms with van der Waals surface area (Å²) in [6.07, 6.45) is 2.33. The van der Waals surface area contributed by atoms with Crippen LogP contribution in [0.2, 0.25) is 0 Å². The number of halogens is 1. The lowest BCUT2D eigenvalue weighted by Crippen LogP contribution is -2.40. The molecular weight excluding hydrogens is 263 g/mol. The Morgan fingerprint density at radius 2 is 1.95 bits per heavy atom. The minimum atomic E-state index is -0.0843. The summed E-state index contributed by atoms with van der Waals surface area (Å²) < 4.78 is 14.5. The van der Waals surface area contributed by atoms with Crippen LogP contribution < -0.4 is 10.2 Å². The fraction of sp³-hybridized carbons (Fsp3) is 0.667. The summed E-state index contributed by atoms with van der Waals surface area (Å²) in [5.41, 5.74) is 1.90. The first-order valence-electron chi connectivity index (χ1n) is 8.29. The van der Waals surface area contributed by atoms with Gasteiger partial charge in [0.05, 0.1) is 5.69 Å². The van der Waals surface area contributed by atoms with E-state index < -0.39 is 0 Å². The lowest BCUT2D eigenvalue weighted by molar-refractivity contribution is 0.353. The average molecular weight is 292 g/mol. The van der Waals surface area contributed by atoms with E-state index in [1.807, 2.05) is 6.07 Å². The molecule has 21 heavy (non-hydrogen) atoms. The van der Waals surface area contributed by atoms with E-state index >= 15 is 0 Å². The smallest absolute Gasteiger partial charge is 0.146 e. The van der Waals surface area contributed by atoms with Crippen LogP contribution in [-0.4, -0.2) is 19.6 Å². The first-order valence-corrected chi connectivity index (χ1v) is 8.29. The maximum absolute atomic E-state index is 14.5. The Hall–Kier alpha value is -1.09. The Balaban J connectivity index is 2.28. The summed E-state index contributed by atoms with van der Waals surface area (Å²) in [5.74, 6) is 1.17. The molecule has 3 heteroatoms. The molecule has 0 spiro atoms. The van der Waals surface area contributed by atoms with Crippen LogP contribution in [-0.2, 0) is 0 Å². The fourth-order valence-corrected chi connectivity index (χ4v) is 3.53. The maximum atomic E-state index is 14.5. The molecule has 1 aliphatic heterocycles. The van der Waals surface area contributed by atoms with E-state index in [0.29, 0.717) is 11.8 Å². The van der Waals surface area contributed by atoms with E-state index in [9.17, 15) is 4.39 Å². The molecule has 1 aliphatic rings. The molecule has 0 aromatic heterocycles. The largest absolute Gasteiger partial charge is 0.368 e. The third kappa shape index (κ3) is 3.97. The van der Waals surface area contributed by atoms with Crippen molar-refractivity contribution in [2.45, 2.75) is 46.6 Å². The zero-order valence-electron chi connectivity index (χ0n) is 13.8. The zero-order chi connectivity index (χ0) is 15.4. The molecule has 2 nitrogen and oxygen atoms in total. The number of para-hydroxylation sites is 1. The number of nitrogens with one attached hydrogen (secondary N) is 1. The van der Waals surface area contributed by atoms with E-state index in [1.165, 1.54) is 6.42 Å². The summed E-state index contributed by atoms with van der Waals surface area (Å²) >= 11 is 0. The second-order valence-electron chi connectivity index (χ2n) is 6.70. The highest BCUT2D eigenvalue weighted by molar-refractivity contribution is 5.56. The maximum Gasteiger partial charge on any atom is 0.146 e. The Morgan fingerprint density at radius 3 is 2.57 bits per heavy atom. The molecule has 1 aromatic carbocycles. The third-order valence-corrected chi connectivity index (χ3v) is 4.37. The number of rotatable bonds is 5. The predicted molar refractivity (Wildman–Crippen MR) is 88.3 cm³/mol. The van der Waals surface area contributed by atoms with E-state index in [-0.39, 0.29) is 11.9 Å². The van der Waals surface area contributed by atoms with Crippen LogP contribution in [0.1, 0.15) is 52.1 Å². The van der Waals surface area contributed by atoms with Gasteiger partial charge in [0.2, 0.25) is 0 Å². The van der Waals surface area contributed by atoms with Crippen LogP contribution in [0.5, 0.6) is 0 Å². The molecule has 0 saturated carbocycles. The van der Waals surface area contributed by atoms with Gasteiger partial charge in [0.15, 0.2) is 0 Å². The lowest BCUT2D eigenvalue weighted by Gasteiger charge is -2.38. The number of hydrogen-bond acceptors (Lipinski definition) is 2. The van der Waals surface area contributed by atoms with Crippen molar-refractivity contribution >= 4 is 5.69 Å². The van der Waals surface area contributed by atoms with Gasteiger partial charge in [-0.05, 0) is 49.8 Å². The van der Waals surface area contributed by atoms with Crippen LogP contribution in [0, 0.1) is 17.7 Å². The molecular formula is C18H29FN2. The van der Waals surface area contributed by atoms with Gasteiger partial charge in [-0.25, -0.2) is 4.39 Å². The van der Waals surface area contributed by atoms with Gasteiger partial charge in [-0.1, -0.05) is 32.9 Å². The SMILES string of the molecule is CCCNC(C)c1cccc(F)c1N1CC(C)CC(C)C1. The molecule has 3 atom stereocenters. The molecule has 1 aromatic rings. The normalized spacial score (nSPS) is 24.1. The second kappa shape index (κ2) is 7.26. The molecule has 1 saturated heterocycles. The van der Waals surface area contributed by atoms with E-state index in [1.54, 1.807) is 6.07 Å². The monoisotopic (exact) mass is 292 g/mol. The average Bonchev–Trinajstić information content (AvgIpc) is 2.43. The topological polar surface area (TPSA) is 15.3 Å². The van der Waals surface area contributed by atoms with Gasteiger partial charge in [-0.2, -0.15) is 0 Å². The molecule has 1 fully saturated rings. The van der Waals surface area contributed by atoms with Gasteiger partial charge in [0.25, 0.3) is 0 Å². The summed E-state index contributed by atoms with van der Waals surface area (Å²) in [6, 6.07) is 5.67. The van der Waals surface area contributed by atoms with Gasteiger partial charge in [-0.3, -0.25) is 0 Å². The molecule has 1 heterocycles. The standard InChI is InChI=1S/C18H29FN2/c1-5-9-20-15(4)16-7-6-8-17(19)18(16)21-11-13(2)10-14(3)12-21/h6-8,13-15,20H,5,9-12H2,1-4H3. The highest BCUT2D eigenvalue weighted by atomic mass is 19.1. The van der Waals surface area contributed by atoms with E-state index in [4.69, 9.17) is 0 Å². The molecule has 0 bridgehead atoms. The highest BCUT2D eigenvalue weighted by Gasteiger charge is 2.26. The number of hydrogen-bond donors (Lipinski definition) is 1. The highest BCUT2D eigenvalue weighted by Crippen LogP contribution is 2.33. The molecule has 2 rings (SSSR count). The molecule has 118 valence electrons. The van der Waals surface area contributed by atoms with Crippen molar-refractivity contribution in [2.24, 2.45) is 11.8 Å². The van der Waals surface area contributed by atoms with Crippen molar-refractivity contribution < 1.29 is 4.39 Å². The van der Waals surface area contributed by atoms with Crippen molar-refractivity contribution in [2.75, 3.05) is 24.5 Å². The van der Waals surface area contributed by atoms with Crippen LogP contribution in [0.3, 0.4) is 0 Å². The zero-order valence-corrected chi connectivity index (χ0v) is 13.8. The molecule has 0 aliphatic carbocycles. The summed E-state index contributed by atoms with van der Waals surface area (Å²) in [4.78, 5) is 2.26. The van der Waals surface area contributed by atoms with Gasteiger partial charge in [-0.15, -0.1) is 0 Å². The first kappa shape index (κ1) is 16.3. The van der Waals surface area contributed by atoms with Gasteiger partial charge in [0.1, 0.15) is 5.82 Å². The van der Waals surface area contributed by atoms with Gasteiger partial charge in [0, 0.05) is 19.1 Å². The summed E-state index contributed by atoms with van der Waals surface area (Å²) in [5, 5.41) is 3.48. The predicted octanol–water partition coefficient (Wildman–Crippen LogP) is 4.37. The van der Waals surface area contributed by atoms with E-state index in [0.717, 1.165) is 37.3 Å². The number of piperidine rings is 1. The van der Waals surface area contributed by atoms with Crippen molar-refractivity contribution in [3.63, 3.8) is 0 Å². The minimum absolute atomic E-state index is 0.0843. The lowest BCUT2D eigenvalue weighted by atomic mass is 9.90. The first-order chi connectivity index (χ1) is 10.0. The Kier molecular flexibility index (Phi) is 5.63. The number of anilines is 1. The third-order valence-electron chi connectivity index (χ3n) is 4.37. The Labute approximate surface area is 128 Å². The van der Waals surface area contributed by atoms with Crippen LogP contribution in [0.15, 0.2) is 18.2 Å². The quantitative estimate of drug-likeness (QED) is 0.867. The van der Waals surface area contributed by atoms with Crippen molar-refractivity contribution in [1.29, 1.82) is 0 Å². The van der Waals surface area contributed by atoms with Gasteiger partial charge >= 0.3 is 0 Å². The van der Waals surface area contributed by atoms with Crippen molar-refractivity contribution in [1.82, 2.24) is 5.32 Å². The van der Waals surface area contributed by atoms with Crippen molar-refractivity contribution in [3.05, 3.63) is 29.6 Å². The second-order valence-corrected chi connectivity index (χ2v) is 6.70. The molecule has 3 unspecified atom stereocenters. The summed E-state index contributed by atoms with van der Waals surface area (Å²) in [7, 11) is 0. The Bertz CT molecular complexity index is 451. The molecule has 0 radical (unpaired) electrons. The molecule has 1 N–H and O–H groups in total. The molecule has 0 amide bonds. The van der Waals surface area contributed by atoms with Crippen LogP contribution in [0.25, 0.3) is 0 Å². The van der Waals surface area contributed by atoms with Crippen LogP contribution in [0.4, 0.5) is 10.1 Å².